The lowest BCUT2D eigenvalue weighted by molar-refractivity contribution is 0.926. The molecule has 0 saturated carbocycles. The number of fused-ring (bicyclic) bond motifs is 6. The van der Waals surface area contributed by atoms with E-state index < -0.39 is 0 Å². The average Bonchev–Trinajstić information content (AvgIpc) is 3.33. The lowest BCUT2D eigenvalue weighted by atomic mass is 9.83. The fourth-order valence-corrected chi connectivity index (χ4v) is 4.36. The van der Waals surface area contributed by atoms with Gasteiger partial charge in [0.05, 0.1) is 0 Å². The number of benzene rings is 2. The van der Waals surface area contributed by atoms with Gasteiger partial charge < -0.3 is 0 Å². The minimum Gasteiger partial charge on any atom is -0.0764 e. The molecule has 2 aromatic carbocycles. The average molecular weight is 334 g/mol. The first-order valence-corrected chi connectivity index (χ1v) is 9.58. The minimum absolute atomic E-state index is 1.19. The van der Waals surface area contributed by atoms with Crippen LogP contribution in [0.15, 0.2) is 84.0 Å². The minimum atomic E-state index is 1.19. The van der Waals surface area contributed by atoms with E-state index in [9.17, 15) is 0 Å². The molecule has 0 nitrogen and oxygen atoms in total. The molecule has 0 bridgehead atoms. The molecule has 0 N–H and O–H groups in total. The Kier molecular flexibility index (Phi) is 3.83. The molecule has 0 heteroatoms. The van der Waals surface area contributed by atoms with Crippen molar-refractivity contribution in [2.24, 2.45) is 0 Å². The van der Waals surface area contributed by atoms with E-state index in [1.807, 2.05) is 0 Å². The van der Waals surface area contributed by atoms with E-state index in [0.717, 1.165) is 0 Å². The fraction of sp³-hybridized carbons (Fsp3) is 0.154. The molecule has 0 radical (unpaired) electrons. The normalized spacial score (nSPS) is 17.4. The highest BCUT2D eigenvalue weighted by molar-refractivity contribution is 5.74. The summed E-state index contributed by atoms with van der Waals surface area (Å²) in [6, 6.07) is 13.5. The number of hydrogen-bond acceptors (Lipinski definition) is 0. The largest absolute Gasteiger partial charge is 0.0764 e. The van der Waals surface area contributed by atoms with E-state index in [4.69, 9.17) is 0 Å². The zero-order chi connectivity index (χ0) is 17.3. The predicted octanol–water partition coefficient (Wildman–Crippen LogP) is 4.79. The summed E-state index contributed by atoms with van der Waals surface area (Å²) in [4.78, 5) is 0. The summed E-state index contributed by atoms with van der Waals surface area (Å²) < 4.78 is 0. The molecule has 0 aromatic heterocycles. The molecule has 0 saturated heterocycles. The Morgan fingerprint density at radius 2 is 1.42 bits per heavy atom. The molecule has 4 aliphatic carbocycles. The van der Waals surface area contributed by atoms with Crippen molar-refractivity contribution >= 4 is 12.2 Å². The highest BCUT2D eigenvalue weighted by Crippen LogP contribution is 2.31. The van der Waals surface area contributed by atoms with Gasteiger partial charge in [-0.3, -0.25) is 0 Å². The Labute approximate surface area is 154 Å². The van der Waals surface area contributed by atoms with E-state index in [0.29, 0.717) is 0 Å². The second-order valence-electron chi connectivity index (χ2n) is 7.20. The van der Waals surface area contributed by atoms with Crippen molar-refractivity contribution in [2.75, 3.05) is 0 Å². The van der Waals surface area contributed by atoms with Crippen molar-refractivity contribution in [3.05, 3.63) is 106 Å². The Balaban J connectivity index is 0.000000156. The molecule has 6 rings (SSSR count). The molecule has 0 atom stereocenters. The van der Waals surface area contributed by atoms with E-state index in [1.165, 1.54) is 64.0 Å². The maximum absolute atomic E-state index is 2.43. The lowest BCUT2D eigenvalue weighted by Gasteiger charge is -2.21. The first kappa shape index (κ1) is 15.4. The van der Waals surface area contributed by atoms with Crippen LogP contribution in [0, 0.1) is 0 Å². The van der Waals surface area contributed by atoms with Crippen LogP contribution in [-0.4, -0.2) is 0 Å². The smallest absolute Gasteiger partial charge is 0.0143 e. The monoisotopic (exact) mass is 334 g/mol. The van der Waals surface area contributed by atoms with E-state index >= 15 is 0 Å². The second kappa shape index (κ2) is 6.46. The molecule has 0 fully saturated rings. The third kappa shape index (κ3) is 2.63. The van der Waals surface area contributed by atoms with Crippen LogP contribution in [0.3, 0.4) is 0 Å². The van der Waals surface area contributed by atoms with Crippen LogP contribution in [0.2, 0.25) is 0 Å². The molecule has 0 spiro atoms. The van der Waals surface area contributed by atoms with Gasteiger partial charge in [0, 0.05) is 0 Å². The van der Waals surface area contributed by atoms with Crippen LogP contribution in [0.4, 0.5) is 0 Å². The summed E-state index contributed by atoms with van der Waals surface area (Å²) in [5.74, 6) is 0. The quantitative estimate of drug-likeness (QED) is 0.650. The Hall–Kier alpha value is -2.86. The molecular formula is C26H22. The molecule has 0 unspecified atom stereocenters. The maximum Gasteiger partial charge on any atom is -0.0143 e. The summed E-state index contributed by atoms with van der Waals surface area (Å²) in [7, 11) is 0. The zero-order valence-corrected chi connectivity index (χ0v) is 14.9. The maximum atomic E-state index is 2.43. The van der Waals surface area contributed by atoms with Crippen molar-refractivity contribution in [2.45, 2.75) is 25.7 Å². The third-order valence-corrected chi connectivity index (χ3v) is 5.66. The predicted molar refractivity (Wildman–Crippen MR) is 111 cm³/mol. The van der Waals surface area contributed by atoms with Gasteiger partial charge in [0.15, 0.2) is 0 Å². The molecule has 4 aliphatic rings. The van der Waals surface area contributed by atoms with E-state index in [2.05, 4.69) is 85.0 Å². The fourth-order valence-electron chi connectivity index (χ4n) is 4.36. The highest BCUT2D eigenvalue weighted by atomic mass is 14.2. The van der Waals surface area contributed by atoms with Gasteiger partial charge in [-0.2, -0.15) is 0 Å². The summed E-state index contributed by atoms with van der Waals surface area (Å²) in [5, 5.41) is 2.95. The first-order chi connectivity index (χ1) is 12.9. The summed E-state index contributed by atoms with van der Waals surface area (Å²) in [6.45, 7) is 0. The molecule has 26 heavy (non-hydrogen) atoms. The second-order valence-corrected chi connectivity index (χ2v) is 7.20. The van der Waals surface area contributed by atoms with Crippen LogP contribution in [0.5, 0.6) is 0 Å². The highest BCUT2D eigenvalue weighted by Gasteiger charge is 2.16. The third-order valence-electron chi connectivity index (χ3n) is 5.66. The molecule has 2 aromatic rings. The topological polar surface area (TPSA) is 0 Å². The molecule has 0 heterocycles. The Bertz CT molecular complexity index is 1090. The first-order valence-electron chi connectivity index (χ1n) is 9.58. The van der Waals surface area contributed by atoms with Crippen LogP contribution in [0.1, 0.15) is 24.0 Å². The standard InChI is InChI=1S/C18H16.C8H6/c1-3-7-15-13(5-1)9-11-18-16-8-4-2-6-14(16)10-12-17(15)18;1-3-7-5-2-6-8(7)4-1/h1,3,5-8,10,12H,2,4,9,11H2;1-6H. The Morgan fingerprint density at radius 3 is 2.27 bits per heavy atom. The van der Waals surface area contributed by atoms with Crippen molar-refractivity contribution in [3.63, 3.8) is 0 Å². The molecular weight excluding hydrogens is 312 g/mol. The zero-order valence-electron chi connectivity index (χ0n) is 14.9. The number of aryl methyl sites for hydroxylation is 1. The Morgan fingerprint density at radius 1 is 0.654 bits per heavy atom. The van der Waals surface area contributed by atoms with Gasteiger partial charge in [-0.15, -0.1) is 0 Å². The van der Waals surface area contributed by atoms with Gasteiger partial charge in [-0.05, 0) is 69.5 Å². The van der Waals surface area contributed by atoms with E-state index in [-0.39, 0.29) is 0 Å². The van der Waals surface area contributed by atoms with Crippen molar-refractivity contribution in [1.82, 2.24) is 0 Å². The number of rotatable bonds is 0. The summed E-state index contributed by atoms with van der Waals surface area (Å²) >= 11 is 0. The SMILES string of the molecule is C1=CC2=CC=CC2=C1.C1=c2ccc3c(c2=CCC1)CCc1ccccc1-3. The molecule has 0 amide bonds. The van der Waals surface area contributed by atoms with Gasteiger partial charge in [0.2, 0.25) is 0 Å². The van der Waals surface area contributed by atoms with Crippen LogP contribution >= 0.6 is 0 Å². The number of allylic oxidation sites excluding steroid dienone is 8. The molecule has 0 aliphatic heterocycles. The van der Waals surface area contributed by atoms with Gasteiger partial charge in [0.1, 0.15) is 0 Å². The van der Waals surface area contributed by atoms with Gasteiger partial charge in [-0.1, -0.05) is 85.0 Å². The van der Waals surface area contributed by atoms with Crippen molar-refractivity contribution in [3.8, 4) is 11.1 Å². The van der Waals surface area contributed by atoms with Crippen molar-refractivity contribution in [1.29, 1.82) is 0 Å². The van der Waals surface area contributed by atoms with Gasteiger partial charge in [-0.25, -0.2) is 0 Å². The van der Waals surface area contributed by atoms with Crippen LogP contribution in [-0.2, 0) is 12.8 Å². The van der Waals surface area contributed by atoms with Crippen LogP contribution < -0.4 is 10.4 Å². The summed E-state index contributed by atoms with van der Waals surface area (Å²) in [5.41, 5.74) is 8.68. The lowest BCUT2D eigenvalue weighted by Crippen LogP contribution is -2.32. The van der Waals surface area contributed by atoms with E-state index in [1.54, 1.807) is 5.56 Å². The van der Waals surface area contributed by atoms with Gasteiger partial charge >= 0.3 is 0 Å². The van der Waals surface area contributed by atoms with Crippen LogP contribution in [0.25, 0.3) is 23.3 Å². The van der Waals surface area contributed by atoms with Crippen molar-refractivity contribution < 1.29 is 0 Å². The number of hydrogen-bond donors (Lipinski definition) is 0. The summed E-state index contributed by atoms with van der Waals surface area (Å²) in [6.07, 6.45) is 22.2. The molecule has 126 valence electrons. The van der Waals surface area contributed by atoms with Gasteiger partial charge in [0.25, 0.3) is 0 Å².